The van der Waals surface area contributed by atoms with Crippen LogP contribution >= 0.6 is 23.1 Å². The van der Waals surface area contributed by atoms with Gasteiger partial charge >= 0.3 is 0 Å². The molecule has 6 nitrogen and oxygen atoms in total. The van der Waals surface area contributed by atoms with Gasteiger partial charge < -0.3 is 10.2 Å². The van der Waals surface area contributed by atoms with Crippen LogP contribution in [0.5, 0.6) is 0 Å². The number of fused-ring (bicyclic) bond motifs is 1. The molecule has 4 aromatic rings. The van der Waals surface area contributed by atoms with Crippen molar-refractivity contribution in [1.29, 1.82) is 0 Å². The van der Waals surface area contributed by atoms with Gasteiger partial charge in [0.05, 0.1) is 11.1 Å². The SMILES string of the molecule is Cc1ccc(-c2csc3nc(SCC(=O)NCc4ccc(N(C)C)cc4)n(C)c(=O)c23)cc1C. The lowest BCUT2D eigenvalue weighted by molar-refractivity contribution is -0.118. The zero-order valence-electron chi connectivity index (χ0n) is 20.0. The van der Waals surface area contributed by atoms with Gasteiger partial charge in [-0.1, -0.05) is 42.1 Å². The van der Waals surface area contributed by atoms with Gasteiger partial charge in [-0.25, -0.2) is 4.98 Å². The van der Waals surface area contributed by atoms with E-state index in [9.17, 15) is 9.59 Å². The highest BCUT2D eigenvalue weighted by Crippen LogP contribution is 2.33. The minimum Gasteiger partial charge on any atom is -0.378 e. The molecule has 0 aliphatic rings. The Labute approximate surface area is 207 Å². The van der Waals surface area contributed by atoms with Crippen LogP contribution in [-0.4, -0.2) is 35.3 Å². The number of nitrogens with zero attached hydrogens (tertiary/aromatic N) is 3. The number of hydrogen-bond donors (Lipinski definition) is 1. The van der Waals surface area contributed by atoms with Gasteiger partial charge in [-0.2, -0.15) is 0 Å². The Hall–Kier alpha value is -3.10. The second-order valence-electron chi connectivity index (χ2n) is 8.51. The average Bonchev–Trinajstić information content (AvgIpc) is 3.25. The van der Waals surface area contributed by atoms with Gasteiger partial charge in [0, 0.05) is 44.3 Å². The molecular formula is C26H28N4O2S2. The van der Waals surface area contributed by atoms with Crippen LogP contribution in [0.15, 0.2) is 57.8 Å². The van der Waals surface area contributed by atoms with Crippen molar-refractivity contribution in [2.24, 2.45) is 7.05 Å². The molecule has 2 aromatic heterocycles. The Bertz CT molecular complexity index is 1410. The molecule has 0 radical (unpaired) electrons. The van der Waals surface area contributed by atoms with E-state index in [1.165, 1.54) is 38.8 Å². The van der Waals surface area contributed by atoms with Gasteiger partial charge in [0.2, 0.25) is 5.91 Å². The largest absolute Gasteiger partial charge is 0.378 e. The van der Waals surface area contributed by atoms with Crippen LogP contribution < -0.4 is 15.8 Å². The summed E-state index contributed by atoms with van der Waals surface area (Å²) in [6.45, 7) is 4.61. The number of thiophene rings is 1. The summed E-state index contributed by atoms with van der Waals surface area (Å²) in [7, 11) is 5.70. The van der Waals surface area contributed by atoms with Gasteiger partial charge in [-0.05, 0) is 48.2 Å². The molecule has 0 spiro atoms. The van der Waals surface area contributed by atoms with Crippen molar-refractivity contribution >= 4 is 44.9 Å². The summed E-state index contributed by atoms with van der Waals surface area (Å²) in [6, 6.07) is 14.3. The maximum atomic E-state index is 13.2. The molecule has 1 amide bonds. The first-order valence-corrected chi connectivity index (χ1v) is 12.8. The van der Waals surface area contributed by atoms with Crippen molar-refractivity contribution in [3.63, 3.8) is 0 Å². The summed E-state index contributed by atoms with van der Waals surface area (Å²) >= 11 is 2.73. The summed E-state index contributed by atoms with van der Waals surface area (Å²) < 4.78 is 1.54. The predicted octanol–water partition coefficient (Wildman–Crippen LogP) is 4.75. The number of thioether (sulfide) groups is 1. The third-order valence-electron chi connectivity index (χ3n) is 5.87. The maximum absolute atomic E-state index is 13.2. The van der Waals surface area contributed by atoms with Gasteiger partial charge in [0.25, 0.3) is 5.56 Å². The fraction of sp³-hybridized carbons (Fsp3) is 0.269. The zero-order valence-corrected chi connectivity index (χ0v) is 21.6. The first-order chi connectivity index (χ1) is 16.2. The zero-order chi connectivity index (χ0) is 24.4. The van der Waals surface area contributed by atoms with Crippen molar-refractivity contribution < 1.29 is 4.79 Å². The molecule has 0 saturated heterocycles. The van der Waals surface area contributed by atoms with Crippen molar-refractivity contribution in [1.82, 2.24) is 14.9 Å². The third-order valence-corrected chi connectivity index (χ3v) is 7.77. The molecule has 0 saturated carbocycles. The average molecular weight is 493 g/mol. The second-order valence-corrected chi connectivity index (χ2v) is 10.3. The first-order valence-electron chi connectivity index (χ1n) is 11.0. The van der Waals surface area contributed by atoms with Gasteiger partial charge in [-0.3, -0.25) is 14.2 Å². The molecule has 2 aromatic carbocycles. The molecule has 34 heavy (non-hydrogen) atoms. The quantitative estimate of drug-likeness (QED) is 0.298. The first kappa shape index (κ1) is 24.0. The van der Waals surface area contributed by atoms with E-state index in [2.05, 4.69) is 31.3 Å². The molecule has 0 aliphatic heterocycles. The summed E-state index contributed by atoms with van der Waals surface area (Å²) in [4.78, 5) is 33.0. The van der Waals surface area contributed by atoms with E-state index in [1.54, 1.807) is 7.05 Å². The standard InChI is InChI=1S/C26H28N4O2S2/c1-16-6-9-19(12-17(16)2)21-14-33-24-23(21)25(32)30(5)26(28-24)34-15-22(31)27-13-18-7-10-20(11-8-18)29(3)4/h6-12,14H,13,15H2,1-5H3,(H,27,31). The number of rotatable bonds is 7. The number of benzene rings is 2. The van der Waals surface area contributed by atoms with E-state index >= 15 is 0 Å². The minimum absolute atomic E-state index is 0.0941. The van der Waals surface area contributed by atoms with E-state index < -0.39 is 0 Å². The van der Waals surface area contributed by atoms with Crippen molar-refractivity contribution in [3.8, 4) is 11.1 Å². The molecule has 0 fully saturated rings. The Morgan fingerprint density at radius 1 is 1.12 bits per heavy atom. The molecule has 0 bridgehead atoms. The number of anilines is 1. The molecule has 1 N–H and O–H groups in total. The molecule has 0 aliphatic carbocycles. The van der Waals surface area contributed by atoms with Gasteiger partial charge in [0.15, 0.2) is 5.16 Å². The van der Waals surface area contributed by atoms with Crippen LogP contribution in [0.2, 0.25) is 0 Å². The van der Waals surface area contributed by atoms with E-state index in [0.29, 0.717) is 21.9 Å². The predicted molar refractivity (Wildman–Crippen MR) is 143 cm³/mol. The van der Waals surface area contributed by atoms with Gasteiger partial charge in [0.1, 0.15) is 4.83 Å². The Balaban J connectivity index is 1.46. The number of amides is 1. The van der Waals surface area contributed by atoms with Crippen LogP contribution in [0, 0.1) is 13.8 Å². The lowest BCUT2D eigenvalue weighted by Gasteiger charge is -2.13. The number of nitrogens with one attached hydrogen (secondary N) is 1. The number of aryl methyl sites for hydroxylation is 2. The topological polar surface area (TPSA) is 67.2 Å². The lowest BCUT2D eigenvalue weighted by Crippen LogP contribution is -2.25. The number of aromatic nitrogens is 2. The number of carbonyl (C=O) groups excluding carboxylic acids is 1. The smallest absolute Gasteiger partial charge is 0.263 e. The fourth-order valence-corrected chi connectivity index (χ4v) is 5.39. The molecule has 4 rings (SSSR count). The van der Waals surface area contributed by atoms with E-state index in [1.807, 2.05) is 54.7 Å². The highest BCUT2D eigenvalue weighted by Gasteiger charge is 2.17. The van der Waals surface area contributed by atoms with Gasteiger partial charge in [-0.15, -0.1) is 11.3 Å². The summed E-state index contributed by atoms with van der Waals surface area (Å²) in [5.74, 6) is 0.0924. The molecule has 0 atom stereocenters. The normalized spacial score (nSPS) is 11.1. The molecular weight excluding hydrogens is 464 g/mol. The van der Waals surface area contributed by atoms with E-state index in [-0.39, 0.29) is 17.2 Å². The third kappa shape index (κ3) is 5.03. The van der Waals surface area contributed by atoms with Crippen molar-refractivity contribution in [2.45, 2.75) is 25.5 Å². The number of hydrogen-bond acceptors (Lipinski definition) is 6. The van der Waals surface area contributed by atoms with Crippen LogP contribution in [0.25, 0.3) is 21.3 Å². The minimum atomic E-state index is -0.0990. The fourth-order valence-electron chi connectivity index (χ4n) is 3.60. The highest BCUT2D eigenvalue weighted by atomic mass is 32.2. The van der Waals surface area contributed by atoms with Crippen LogP contribution in [0.3, 0.4) is 0 Å². The van der Waals surface area contributed by atoms with E-state index in [0.717, 1.165) is 22.4 Å². The van der Waals surface area contributed by atoms with Crippen LogP contribution in [0.1, 0.15) is 16.7 Å². The summed E-state index contributed by atoms with van der Waals surface area (Å²) in [5, 5.41) is 6.10. The molecule has 2 heterocycles. The highest BCUT2D eigenvalue weighted by molar-refractivity contribution is 7.99. The number of carbonyl (C=O) groups is 1. The second kappa shape index (κ2) is 10.0. The maximum Gasteiger partial charge on any atom is 0.263 e. The van der Waals surface area contributed by atoms with Crippen LogP contribution in [-0.2, 0) is 18.4 Å². The Morgan fingerprint density at radius 3 is 2.53 bits per heavy atom. The lowest BCUT2D eigenvalue weighted by atomic mass is 10.0. The summed E-state index contributed by atoms with van der Waals surface area (Å²) in [6.07, 6.45) is 0. The Kier molecular flexibility index (Phi) is 7.09. The molecule has 8 heteroatoms. The molecule has 0 unspecified atom stereocenters. The summed E-state index contributed by atoms with van der Waals surface area (Å²) in [5.41, 5.74) is 6.39. The monoisotopic (exact) mass is 492 g/mol. The Morgan fingerprint density at radius 2 is 1.85 bits per heavy atom. The van der Waals surface area contributed by atoms with Crippen LogP contribution in [0.4, 0.5) is 5.69 Å². The molecule has 176 valence electrons. The van der Waals surface area contributed by atoms with Crippen molar-refractivity contribution in [2.75, 3.05) is 24.7 Å². The van der Waals surface area contributed by atoms with Crippen molar-refractivity contribution in [3.05, 3.63) is 74.9 Å². The van der Waals surface area contributed by atoms with E-state index in [4.69, 9.17) is 4.98 Å².